The Morgan fingerprint density at radius 2 is 1.94 bits per heavy atom. The Kier molecular flexibility index (Phi) is 2.91. The Labute approximate surface area is 112 Å². The van der Waals surface area contributed by atoms with E-state index in [2.05, 4.69) is 6.92 Å². The van der Waals surface area contributed by atoms with Gasteiger partial charge < -0.3 is 15.2 Å². The normalized spacial score (nSPS) is 20.4. The van der Waals surface area contributed by atoms with Crippen LogP contribution in [0, 0.1) is 6.92 Å². The predicted molar refractivity (Wildman–Crippen MR) is 71.5 cm³/mol. The molecule has 0 radical (unpaired) electrons. The SMILES string of the molecule is Cc1c(C2(CN)CCCC2)cc(Cl)c2c1OCO2. The van der Waals surface area contributed by atoms with Gasteiger partial charge in [0.2, 0.25) is 6.79 Å². The molecule has 1 aliphatic carbocycles. The van der Waals surface area contributed by atoms with Crippen LogP contribution in [0.1, 0.15) is 36.8 Å². The first kappa shape index (κ1) is 12.1. The van der Waals surface area contributed by atoms with Crippen molar-refractivity contribution in [2.45, 2.75) is 38.0 Å². The lowest BCUT2D eigenvalue weighted by molar-refractivity contribution is 0.173. The van der Waals surface area contributed by atoms with Crippen molar-refractivity contribution < 1.29 is 9.47 Å². The van der Waals surface area contributed by atoms with Gasteiger partial charge in [0.25, 0.3) is 0 Å². The molecule has 1 saturated carbocycles. The molecule has 4 heteroatoms. The van der Waals surface area contributed by atoms with Gasteiger partial charge in [-0.05, 0) is 37.0 Å². The molecule has 0 unspecified atom stereocenters. The van der Waals surface area contributed by atoms with E-state index in [0.717, 1.165) is 24.2 Å². The molecule has 3 nitrogen and oxygen atoms in total. The lowest BCUT2D eigenvalue weighted by Gasteiger charge is -2.30. The highest BCUT2D eigenvalue weighted by atomic mass is 35.5. The van der Waals surface area contributed by atoms with Gasteiger partial charge in [0, 0.05) is 12.0 Å². The van der Waals surface area contributed by atoms with Crippen molar-refractivity contribution in [3.05, 3.63) is 22.2 Å². The Hall–Kier alpha value is -0.930. The molecule has 18 heavy (non-hydrogen) atoms. The van der Waals surface area contributed by atoms with Crippen LogP contribution in [-0.4, -0.2) is 13.3 Å². The van der Waals surface area contributed by atoms with Crippen LogP contribution in [0.5, 0.6) is 11.5 Å². The maximum absolute atomic E-state index is 6.30. The van der Waals surface area contributed by atoms with Crippen LogP contribution in [-0.2, 0) is 5.41 Å². The van der Waals surface area contributed by atoms with Crippen LogP contribution in [0.3, 0.4) is 0 Å². The van der Waals surface area contributed by atoms with E-state index in [1.54, 1.807) is 0 Å². The zero-order chi connectivity index (χ0) is 12.8. The number of rotatable bonds is 2. The van der Waals surface area contributed by atoms with Crippen molar-refractivity contribution in [2.24, 2.45) is 5.73 Å². The van der Waals surface area contributed by atoms with Crippen LogP contribution in [0.4, 0.5) is 0 Å². The molecule has 1 aromatic carbocycles. The smallest absolute Gasteiger partial charge is 0.231 e. The third-order valence-corrected chi connectivity index (χ3v) is 4.65. The van der Waals surface area contributed by atoms with E-state index in [1.807, 2.05) is 6.07 Å². The Morgan fingerprint density at radius 3 is 2.61 bits per heavy atom. The van der Waals surface area contributed by atoms with Gasteiger partial charge in [-0.25, -0.2) is 0 Å². The topological polar surface area (TPSA) is 44.5 Å². The molecule has 1 aromatic rings. The molecule has 0 bridgehead atoms. The molecular weight excluding hydrogens is 250 g/mol. The van der Waals surface area contributed by atoms with Gasteiger partial charge in [-0.3, -0.25) is 0 Å². The summed E-state index contributed by atoms with van der Waals surface area (Å²) < 4.78 is 11.0. The van der Waals surface area contributed by atoms with Gasteiger partial charge in [0.1, 0.15) is 0 Å². The molecule has 0 atom stereocenters. The number of nitrogens with two attached hydrogens (primary N) is 1. The lowest BCUT2D eigenvalue weighted by Crippen LogP contribution is -2.32. The van der Waals surface area contributed by atoms with Crippen LogP contribution < -0.4 is 15.2 Å². The molecule has 0 spiro atoms. The summed E-state index contributed by atoms with van der Waals surface area (Å²) >= 11 is 6.30. The number of hydrogen-bond acceptors (Lipinski definition) is 3. The van der Waals surface area contributed by atoms with Crippen molar-refractivity contribution in [3.8, 4) is 11.5 Å². The molecule has 1 aliphatic heterocycles. The number of ether oxygens (including phenoxy) is 2. The highest BCUT2D eigenvalue weighted by Crippen LogP contribution is 2.49. The minimum atomic E-state index is 0.0781. The molecule has 2 N–H and O–H groups in total. The average molecular weight is 268 g/mol. The summed E-state index contributed by atoms with van der Waals surface area (Å²) in [5, 5.41) is 0.642. The molecule has 1 fully saturated rings. The highest BCUT2D eigenvalue weighted by molar-refractivity contribution is 6.32. The summed E-state index contributed by atoms with van der Waals surface area (Å²) in [6.07, 6.45) is 4.76. The van der Waals surface area contributed by atoms with Crippen molar-refractivity contribution in [2.75, 3.05) is 13.3 Å². The third kappa shape index (κ3) is 1.61. The van der Waals surface area contributed by atoms with Crippen molar-refractivity contribution in [3.63, 3.8) is 0 Å². The van der Waals surface area contributed by atoms with Gasteiger partial charge in [-0.2, -0.15) is 0 Å². The molecule has 0 amide bonds. The van der Waals surface area contributed by atoms with E-state index in [0.29, 0.717) is 17.3 Å². The van der Waals surface area contributed by atoms with E-state index in [9.17, 15) is 0 Å². The van der Waals surface area contributed by atoms with Gasteiger partial charge in [0.15, 0.2) is 11.5 Å². The van der Waals surface area contributed by atoms with Crippen LogP contribution in [0.15, 0.2) is 6.07 Å². The zero-order valence-electron chi connectivity index (χ0n) is 10.6. The second-order valence-electron chi connectivity index (χ2n) is 5.29. The average Bonchev–Trinajstić information content (AvgIpc) is 3.02. The molecule has 1 heterocycles. The maximum atomic E-state index is 6.30. The quantitative estimate of drug-likeness (QED) is 0.895. The van der Waals surface area contributed by atoms with Crippen molar-refractivity contribution in [1.82, 2.24) is 0 Å². The van der Waals surface area contributed by atoms with Crippen molar-refractivity contribution >= 4 is 11.6 Å². The zero-order valence-corrected chi connectivity index (χ0v) is 11.3. The Bertz CT molecular complexity index is 481. The van der Waals surface area contributed by atoms with Gasteiger partial charge in [-0.15, -0.1) is 0 Å². The second-order valence-corrected chi connectivity index (χ2v) is 5.69. The summed E-state index contributed by atoms with van der Waals surface area (Å²) in [7, 11) is 0. The predicted octanol–water partition coefficient (Wildman–Crippen LogP) is 3.15. The van der Waals surface area contributed by atoms with Gasteiger partial charge >= 0.3 is 0 Å². The van der Waals surface area contributed by atoms with E-state index in [-0.39, 0.29) is 12.2 Å². The van der Waals surface area contributed by atoms with Gasteiger partial charge in [-0.1, -0.05) is 24.4 Å². The van der Waals surface area contributed by atoms with Crippen LogP contribution in [0.2, 0.25) is 5.02 Å². The highest BCUT2D eigenvalue weighted by Gasteiger charge is 2.38. The molecular formula is C14H18ClNO2. The number of hydrogen-bond donors (Lipinski definition) is 1. The fourth-order valence-corrected chi connectivity index (χ4v) is 3.59. The summed E-state index contributed by atoms with van der Waals surface area (Å²) in [5.74, 6) is 1.49. The van der Waals surface area contributed by atoms with E-state index in [1.165, 1.54) is 18.4 Å². The summed E-state index contributed by atoms with van der Waals surface area (Å²) in [6.45, 7) is 3.01. The second kappa shape index (κ2) is 4.32. The summed E-state index contributed by atoms with van der Waals surface area (Å²) in [6, 6.07) is 2.03. The van der Waals surface area contributed by atoms with E-state index < -0.39 is 0 Å². The van der Waals surface area contributed by atoms with E-state index in [4.69, 9.17) is 26.8 Å². The third-order valence-electron chi connectivity index (χ3n) is 4.37. The molecule has 2 aliphatic rings. The van der Waals surface area contributed by atoms with Crippen molar-refractivity contribution in [1.29, 1.82) is 0 Å². The minimum Gasteiger partial charge on any atom is -0.453 e. The fraction of sp³-hybridized carbons (Fsp3) is 0.571. The standard InChI is InChI=1S/C14H18ClNO2/c1-9-10(14(7-16)4-2-3-5-14)6-11(15)13-12(9)17-8-18-13/h6H,2-5,7-8,16H2,1H3. The number of benzene rings is 1. The lowest BCUT2D eigenvalue weighted by atomic mass is 9.76. The first-order valence-corrected chi connectivity index (χ1v) is 6.85. The Morgan fingerprint density at radius 1 is 1.28 bits per heavy atom. The first-order chi connectivity index (χ1) is 8.68. The minimum absolute atomic E-state index is 0.0781. The number of halogens is 1. The summed E-state index contributed by atoms with van der Waals surface area (Å²) in [4.78, 5) is 0. The largest absolute Gasteiger partial charge is 0.453 e. The Balaban J connectivity index is 2.15. The monoisotopic (exact) mass is 267 g/mol. The molecule has 98 valence electrons. The van der Waals surface area contributed by atoms with Crippen LogP contribution >= 0.6 is 11.6 Å². The fourth-order valence-electron chi connectivity index (χ4n) is 3.34. The molecule has 3 rings (SSSR count). The molecule has 0 aromatic heterocycles. The first-order valence-electron chi connectivity index (χ1n) is 6.47. The molecule has 0 saturated heterocycles. The number of fused-ring (bicyclic) bond motifs is 1. The summed E-state index contributed by atoms with van der Waals surface area (Å²) in [5.41, 5.74) is 8.51. The van der Waals surface area contributed by atoms with Gasteiger partial charge in [0.05, 0.1) is 5.02 Å². The van der Waals surface area contributed by atoms with Crippen LogP contribution in [0.25, 0.3) is 0 Å². The maximum Gasteiger partial charge on any atom is 0.231 e. The van der Waals surface area contributed by atoms with E-state index >= 15 is 0 Å².